The molecule has 0 spiro atoms. The summed E-state index contributed by atoms with van der Waals surface area (Å²) in [6, 6.07) is 20.0. The van der Waals surface area contributed by atoms with E-state index in [1.54, 1.807) is 24.5 Å². The number of aromatic amines is 1. The molecule has 2 unspecified atom stereocenters. The zero-order valence-electron chi connectivity index (χ0n) is 17.7. The van der Waals surface area contributed by atoms with E-state index in [1.165, 1.54) is 0 Å². The third-order valence-electron chi connectivity index (χ3n) is 5.30. The van der Waals surface area contributed by atoms with Gasteiger partial charge in [0.2, 0.25) is 5.91 Å². The van der Waals surface area contributed by atoms with Crippen LogP contribution in [0, 0.1) is 0 Å². The Balaban J connectivity index is 1.46. The molecule has 7 heteroatoms. The van der Waals surface area contributed by atoms with Crippen LogP contribution in [0.5, 0.6) is 0 Å². The number of primary amides is 1. The number of hydrogen-bond donors (Lipinski definition) is 4. The molecular formula is C25H25N5O2. The normalized spacial score (nSPS) is 12.8. The van der Waals surface area contributed by atoms with Crippen molar-refractivity contribution in [3.63, 3.8) is 0 Å². The van der Waals surface area contributed by atoms with Gasteiger partial charge in [-0.05, 0) is 61.9 Å². The van der Waals surface area contributed by atoms with E-state index >= 15 is 0 Å². The number of para-hydroxylation sites is 1. The molecule has 0 aliphatic rings. The Morgan fingerprint density at radius 3 is 2.50 bits per heavy atom. The number of H-pyrrole nitrogens is 1. The first-order valence-corrected chi connectivity index (χ1v) is 10.4. The highest BCUT2D eigenvalue weighted by molar-refractivity contribution is 6.00. The highest BCUT2D eigenvalue weighted by Gasteiger charge is 2.22. The zero-order chi connectivity index (χ0) is 22.5. The van der Waals surface area contributed by atoms with Crippen LogP contribution in [-0.2, 0) is 4.79 Å². The second kappa shape index (κ2) is 9.34. The fraction of sp³-hybridized carbons (Fsp3) is 0.160. The SMILES string of the molecule is CC(CC(NC(=O)c1ccc2[nH]c(-c3ccncc3)cc2c1)C(N)=O)Nc1ccccc1. The van der Waals surface area contributed by atoms with Crippen molar-refractivity contribution >= 4 is 28.4 Å². The summed E-state index contributed by atoms with van der Waals surface area (Å²) in [5.41, 5.74) is 9.85. The van der Waals surface area contributed by atoms with Crippen LogP contribution in [0.25, 0.3) is 22.2 Å². The molecule has 7 nitrogen and oxygen atoms in total. The number of carbonyl (C=O) groups excluding carboxylic acids is 2. The lowest BCUT2D eigenvalue weighted by Crippen LogP contribution is -2.46. The van der Waals surface area contributed by atoms with Crippen molar-refractivity contribution in [2.75, 3.05) is 5.32 Å². The van der Waals surface area contributed by atoms with Gasteiger partial charge in [-0.15, -0.1) is 0 Å². The summed E-state index contributed by atoms with van der Waals surface area (Å²) in [5.74, 6) is -0.906. The molecule has 4 aromatic rings. The molecule has 162 valence electrons. The van der Waals surface area contributed by atoms with Crippen LogP contribution in [0.1, 0.15) is 23.7 Å². The average Bonchev–Trinajstić information content (AvgIpc) is 3.23. The standard InChI is InChI=1S/C25H25N5O2/c1-16(28-20-5-3-2-4-6-20)13-23(24(26)31)30-25(32)18-7-8-21-19(14-18)15-22(29-21)17-9-11-27-12-10-17/h2-12,14-16,23,28-29H,13H2,1H3,(H2,26,31)(H,30,32). The molecule has 0 aliphatic heterocycles. The topological polar surface area (TPSA) is 113 Å². The Hall–Kier alpha value is -4.13. The molecule has 2 heterocycles. The maximum Gasteiger partial charge on any atom is 0.251 e. The van der Waals surface area contributed by atoms with Crippen LogP contribution in [-0.4, -0.2) is 33.9 Å². The number of anilines is 1. The monoisotopic (exact) mass is 427 g/mol. The van der Waals surface area contributed by atoms with Gasteiger partial charge in [-0.25, -0.2) is 0 Å². The predicted octanol–water partition coefficient (Wildman–Crippen LogP) is 3.70. The van der Waals surface area contributed by atoms with Crippen molar-refractivity contribution in [1.29, 1.82) is 0 Å². The van der Waals surface area contributed by atoms with E-state index < -0.39 is 11.9 Å². The second-order valence-corrected chi connectivity index (χ2v) is 7.80. The van der Waals surface area contributed by atoms with Crippen molar-refractivity contribution in [1.82, 2.24) is 15.3 Å². The summed E-state index contributed by atoms with van der Waals surface area (Å²) >= 11 is 0. The van der Waals surface area contributed by atoms with Gasteiger partial charge in [0, 0.05) is 51.8 Å². The van der Waals surface area contributed by atoms with Crippen LogP contribution < -0.4 is 16.4 Å². The number of fused-ring (bicyclic) bond motifs is 1. The Kier molecular flexibility index (Phi) is 6.17. The summed E-state index contributed by atoms with van der Waals surface area (Å²) in [6.07, 6.45) is 3.84. The van der Waals surface area contributed by atoms with E-state index in [0.29, 0.717) is 12.0 Å². The van der Waals surface area contributed by atoms with Crippen LogP contribution in [0.3, 0.4) is 0 Å². The molecule has 2 atom stereocenters. The minimum Gasteiger partial charge on any atom is -0.382 e. The molecule has 0 fully saturated rings. The van der Waals surface area contributed by atoms with Crippen molar-refractivity contribution in [2.45, 2.75) is 25.4 Å². The Bertz CT molecular complexity index is 1220. The highest BCUT2D eigenvalue weighted by Crippen LogP contribution is 2.24. The van der Waals surface area contributed by atoms with Crippen molar-refractivity contribution in [2.24, 2.45) is 5.73 Å². The van der Waals surface area contributed by atoms with Gasteiger partial charge in [-0.1, -0.05) is 18.2 Å². The summed E-state index contributed by atoms with van der Waals surface area (Å²) in [5, 5.41) is 7.00. The number of benzene rings is 2. The lowest BCUT2D eigenvalue weighted by molar-refractivity contribution is -0.120. The largest absolute Gasteiger partial charge is 0.382 e. The van der Waals surface area contributed by atoms with Gasteiger partial charge in [0.15, 0.2) is 0 Å². The first-order valence-electron chi connectivity index (χ1n) is 10.4. The second-order valence-electron chi connectivity index (χ2n) is 7.80. The molecule has 2 aromatic carbocycles. The van der Waals surface area contributed by atoms with E-state index in [2.05, 4.69) is 20.6 Å². The van der Waals surface area contributed by atoms with E-state index in [9.17, 15) is 9.59 Å². The molecule has 2 amide bonds. The van der Waals surface area contributed by atoms with E-state index in [4.69, 9.17) is 5.73 Å². The summed E-state index contributed by atoms with van der Waals surface area (Å²) in [4.78, 5) is 32.2. The first kappa shape index (κ1) is 21.1. The smallest absolute Gasteiger partial charge is 0.251 e. The maximum absolute atomic E-state index is 12.9. The number of nitrogens with one attached hydrogen (secondary N) is 3. The average molecular weight is 428 g/mol. The molecule has 4 rings (SSSR count). The molecule has 0 saturated heterocycles. The van der Waals surface area contributed by atoms with E-state index in [1.807, 2.05) is 61.5 Å². The fourth-order valence-corrected chi connectivity index (χ4v) is 3.68. The minimum absolute atomic E-state index is 0.0646. The summed E-state index contributed by atoms with van der Waals surface area (Å²) in [6.45, 7) is 1.95. The van der Waals surface area contributed by atoms with Gasteiger partial charge in [-0.3, -0.25) is 14.6 Å². The number of carbonyl (C=O) groups is 2. The van der Waals surface area contributed by atoms with Gasteiger partial charge in [-0.2, -0.15) is 0 Å². The van der Waals surface area contributed by atoms with E-state index in [0.717, 1.165) is 27.8 Å². The number of hydrogen-bond acceptors (Lipinski definition) is 4. The lowest BCUT2D eigenvalue weighted by atomic mass is 10.1. The number of nitrogens with two attached hydrogens (primary N) is 1. The zero-order valence-corrected chi connectivity index (χ0v) is 17.7. The number of rotatable bonds is 8. The van der Waals surface area contributed by atoms with Gasteiger partial charge >= 0.3 is 0 Å². The Morgan fingerprint density at radius 2 is 1.78 bits per heavy atom. The van der Waals surface area contributed by atoms with Crippen LogP contribution >= 0.6 is 0 Å². The Labute approximate surface area is 186 Å². The summed E-state index contributed by atoms with van der Waals surface area (Å²) in [7, 11) is 0. The number of amides is 2. The fourth-order valence-electron chi connectivity index (χ4n) is 3.68. The van der Waals surface area contributed by atoms with Gasteiger partial charge in [0.1, 0.15) is 6.04 Å². The molecule has 0 radical (unpaired) electrons. The van der Waals surface area contributed by atoms with Crippen LogP contribution in [0.2, 0.25) is 0 Å². The number of nitrogens with zero attached hydrogens (tertiary/aromatic N) is 1. The minimum atomic E-state index is -0.789. The maximum atomic E-state index is 12.9. The van der Waals surface area contributed by atoms with Crippen LogP contribution in [0.15, 0.2) is 79.1 Å². The third kappa shape index (κ3) is 4.95. The molecule has 2 aromatic heterocycles. The summed E-state index contributed by atoms with van der Waals surface area (Å²) < 4.78 is 0. The molecule has 0 bridgehead atoms. The highest BCUT2D eigenvalue weighted by atomic mass is 16.2. The van der Waals surface area contributed by atoms with Crippen molar-refractivity contribution in [3.8, 4) is 11.3 Å². The van der Waals surface area contributed by atoms with Crippen molar-refractivity contribution in [3.05, 3.63) is 84.7 Å². The van der Waals surface area contributed by atoms with Gasteiger partial charge < -0.3 is 21.4 Å². The lowest BCUT2D eigenvalue weighted by Gasteiger charge is -2.21. The van der Waals surface area contributed by atoms with Gasteiger partial charge in [0.05, 0.1) is 0 Å². The molecule has 0 aliphatic carbocycles. The van der Waals surface area contributed by atoms with E-state index in [-0.39, 0.29) is 11.9 Å². The number of aromatic nitrogens is 2. The van der Waals surface area contributed by atoms with Crippen molar-refractivity contribution < 1.29 is 9.59 Å². The molecular weight excluding hydrogens is 402 g/mol. The Morgan fingerprint density at radius 1 is 1.03 bits per heavy atom. The molecule has 0 saturated carbocycles. The third-order valence-corrected chi connectivity index (χ3v) is 5.30. The molecule has 5 N–H and O–H groups in total. The molecule has 32 heavy (non-hydrogen) atoms. The first-order chi connectivity index (χ1) is 15.5. The predicted molar refractivity (Wildman–Crippen MR) is 126 cm³/mol. The van der Waals surface area contributed by atoms with Crippen LogP contribution in [0.4, 0.5) is 5.69 Å². The quantitative estimate of drug-likeness (QED) is 0.343. The van der Waals surface area contributed by atoms with Gasteiger partial charge in [0.25, 0.3) is 5.91 Å². The number of pyridine rings is 1.